The lowest BCUT2D eigenvalue weighted by molar-refractivity contribution is 0.0978. The standard InChI is InChI=1S/C21H22ClN5O/c1-2-15-6-7-19(20(10-15)24-9-8-18-12-23-13-25-18)26-14-27-21(28)16-4-3-5-17(22)11-16/h3-7,10-14,24H,2,8-9H2,1H3,(H,23,25)(H,26,27,28). The van der Waals surface area contributed by atoms with Gasteiger partial charge in [0.05, 0.1) is 24.0 Å². The molecule has 0 radical (unpaired) electrons. The highest BCUT2D eigenvalue weighted by Crippen LogP contribution is 2.26. The molecule has 0 saturated heterocycles. The summed E-state index contributed by atoms with van der Waals surface area (Å²) in [5.74, 6) is -0.259. The highest BCUT2D eigenvalue weighted by atomic mass is 35.5. The summed E-state index contributed by atoms with van der Waals surface area (Å²) in [6, 6.07) is 12.8. The van der Waals surface area contributed by atoms with Gasteiger partial charge in [0.2, 0.25) is 0 Å². The van der Waals surface area contributed by atoms with E-state index in [0.29, 0.717) is 10.6 Å². The molecule has 0 atom stereocenters. The van der Waals surface area contributed by atoms with E-state index in [9.17, 15) is 4.79 Å². The number of anilines is 1. The second-order valence-corrected chi connectivity index (χ2v) is 6.64. The Hall–Kier alpha value is -3.12. The highest BCUT2D eigenvalue weighted by molar-refractivity contribution is 6.31. The van der Waals surface area contributed by atoms with Gasteiger partial charge in [0, 0.05) is 35.4 Å². The van der Waals surface area contributed by atoms with E-state index in [0.717, 1.165) is 36.5 Å². The van der Waals surface area contributed by atoms with Crippen molar-refractivity contribution in [3.63, 3.8) is 0 Å². The van der Waals surface area contributed by atoms with Gasteiger partial charge in [-0.25, -0.2) is 9.98 Å². The molecule has 1 aromatic heterocycles. The summed E-state index contributed by atoms with van der Waals surface area (Å²) < 4.78 is 0. The quantitative estimate of drug-likeness (QED) is 0.391. The molecule has 0 saturated carbocycles. The Bertz CT molecular complexity index is 953. The predicted octanol–water partition coefficient (Wildman–Crippen LogP) is 4.37. The molecule has 28 heavy (non-hydrogen) atoms. The summed E-state index contributed by atoms with van der Waals surface area (Å²) in [5.41, 5.74) is 4.45. The average Bonchev–Trinajstić information content (AvgIpc) is 3.22. The number of H-pyrrole nitrogens is 1. The molecule has 3 rings (SSSR count). The van der Waals surface area contributed by atoms with Crippen LogP contribution in [0, 0.1) is 0 Å². The Morgan fingerprint density at radius 2 is 2.18 bits per heavy atom. The van der Waals surface area contributed by atoms with Crippen molar-refractivity contribution < 1.29 is 4.79 Å². The summed E-state index contributed by atoms with van der Waals surface area (Å²) in [6.07, 6.45) is 6.65. The fraction of sp³-hybridized carbons (Fsp3) is 0.190. The van der Waals surface area contributed by atoms with Crippen LogP contribution in [0.2, 0.25) is 5.02 Å². The molecule has 0 spiro atoms. The monoisotopic (exact) mass is 395 g/mol. The van der Waals surface area contributed by atoms with Gasteiger partial charge in [0.15, 0.2) is 0 Å². The molecule has 3 N–H and O–H groups in total. The number of aliphatic imine (C=N–C) groups is 1. The first-order chi connectivity index (χ1) is 13.7. The van der Waals surface area contributed by atoms with Crippen LogP contribution in [0.5, 0.6) is 0 Å². The van der Waals surface area contributed by atoms with Crippen LogP contribution in [-0.2, 0) is 12.8 Å². The Kier molecular flexibility index (Phi) is 6.81. The Morgan fingerprint density at radius 3 is 2.93 bits per heavy atom. The predicted molar refractivity (Wildman–Crippen MR) is 114 cm³/mol. The van der Waals surface area contributed by atoms with Gasteiger partial charge in [0.1, 0.15) is 0 Å². The molecule has 1 heterocycles. The lowest BCUT2D eigenvalue weighted by Gasteiger charge is -2.11. The number of imidazole rings is 1. The van der Waals surface area contributed by atoms with Gasteiger partial charge in [-0.05, 0) is 42.3 Å². The van der Waals surface area contributed by atoms with Crippen molar-refractivity contribution in [1.29, 1.82) is 0 Å². The van der Waals surface area contributed by atoms with Crippen molar-refractivity contribution >= 4 is 35.2 Å². The minimum atomic E-state index is -0.259. The van der Waals surface area contributed by atoms with Crippen LogP contribution in [-0.4, -0.2) is 28.8 Å². The summed E-state index contributed by atoms with van der Waals surface area (Å²) in [5, 5.41) is 6.61. The minimum Gasteiger partial charge on any atom is -0.383 e. The summed E-state index contributed by atoms with van der Waals surface area (Å²) in [7, 11) is 0. The molecule has 1 amide bonds. The second-order valence-electron chi connectivity index (χ2n) is 6.20. The maximum Gasteiger partial charge on any atom is 0.256 e. The molecule has 3 aromatic rings. The van der Waals surface area contributed by atoms with Crippen molar-refractivity contribution in [3.8, 4) is 0 Å². The van der Waals surface area contributed by atoms with Crippen molar-refractivity contribution in [1.82, 2.24) is 15.3 Å². The van der Waals surface area contributed by atoms with Crippen LogP contribution < -0.4 is 10.6 Å². The summed E-state index contributed by atoms with van der Waals surface area (Å²) in [4.78, 5) is 23.7. The number of benzene rings is 2. The molecule has 0 bridgehead atoms. The molecule has 2 aromatic carbocycles. The number of aromatic nitrogens is 2. The first-order valence-corrected chi connectivity index (χ1v) is 9.46. The van der Waals surface area contributed by atoms with E-state index in [1.165, 1.54) is 11.9 Å². The molecular formula is C21H22ClN5O. The number of aromatic amines is 1. The van der Waals surface area contributed by atoms with Gasteiger partial charge in [-0.1, -0.05) is 30.7 Å². The van der Waals surface area contributed by atoms with Gasteiger partial charge in [0.25, 0.3) is 5.91 Å². The number of nitrogens with zero attached hydrogens (tertiary/aromatic N) is 2. The summed E-state index contributed by atoms with van der Waals surface area (Å²) >= 11 is 5.93. The third kappa shape index (κ3) is 5.44. The smallest absolute Gasteiger partial charge is 0.256 e. The van der Waals surface area contributed by atoms with E-state index >= 15 is 0 Å². The zero-order valence-corrected chi connectivity index (χ0v) is 16.3. The molecule has 0 aliphatic rings. The molecule has 6 nitrogen and oxygen atoms in total. The van der Waals surface area contributed by atoms with E-state index in [2.05, 4.69) is 38.6 Å². The maximum absolute atomic E-state index is 12.2. The molecule has 0 unspecified atom stereocenters. The fourth-order valence-electron chi connectivity index (χ4n) is 2.68. The molecule has 7 heteroatoms. The van der Waals surface area contributed by atoms with E-state index in [4.69, 9.17) is 11.6 Å². The van der Waals surface area contributed by atoms with E-state index in [1.807, 2.05) is 18.3 Å². The Morgan fingerprint density at radius 1 is 1.29 bits per heavy atom. The van der Waals surface area contributed by atoms with E-state index in [1.54, 1.807) is 30.6 Å². The van der Waals surface area contributed by atoms with Crippen LogP contribution in [0.15, 0.2) is 60.0 Å². The van der Waals surface area contributed by atoms with Gasteiger partial charge in [-0.3, -0.25) is 4.79 Å². The van der Waals surface area contributed by atoms with Crippen molar-refractivity contribution in [3.05, 3.63) is 76.8 Å². The number of carbonyl (C=O) groups is 1. The fourth-order valence-corrected chi connectivity index (χ4v) is 2.87. The van der Waals surface area contributed by atoms with E-state index < -0.39 is 0 Å². The van der Waals surface area contributed by atoms with Crippen LogP contribution in [0.25, 0.3) is 0 Å². The second kappa shape index (κ2) is 9.71. The first-order valence-electron chi connectivity index (χ1n) is 9.08. The molecule has 144 valence electrons. The topological polar surface area (TPSA) is 82.2 Å². The Labute approximate surface area is 169 Å². The maximum atomic E-state index is 12.2. The van der Waals surface area contributed by atoms with Gasteiger partial charge in [-0.15, -0.1) is 0 Å². The number of halogens is 1. The van der Waals surface area contributed by atoms with Crippen molar-refractivity contribution in [2.75, 3.05) is 11.9 Å². The van der Waals surface area contributed by atoms with Crippen LogP contribution >= 0.6 is 11.6 Å². The van der Waals surface area contributed by atoms with E-state index in [-0.39, 0.29) is 5.91 Å². The SMILES string of the molecule is CCc1ccc(N=CNC(=O)c2cccc(Cl)c2)c(NCCc2cnc[nH]2)c1. The van der Waals surface area contributed by atoms with Gasteiger partial charge in [-0.2, -0.15) is 0 Å². The molecular weight excluding hydrogens is 374 g/mol. The largest absolute Gasteiger partial charge is 0.383 e. The minimum absolute atomic E-state index is 0.259. The summed E-state index contributed by atoms with van der Waals surface area (Å²) in [6.45, 7) is 2.85. The third-order valence-electron chi connectivity index (χ3n) is 4.22. The lowest BCUT2D eigenvalue weighted by atomic mass is 10.1. The number of aryl methyl sites for hydroxylation is 1. The zero-order valence-electron chi connectivity index (χ0n) is 15.6. The molecule has 0 fully saturated rings. The lowest BCUT2D eigenvalue weighted by Crippen LogP contribution is -2.21. The molecule has 0 aliphatic carbocycles. The average molecular weight is 396 g/mol. The highest BCUT2D eigenvalue weighted by Gasteiger charge is 2.05. The first kappa shape index (κ1) is 19.6. The van der Waals surface area contributed by atoms with Crippen molar-refractivity contribution in [2.24, 2.45) is 4.99 Å². The normalized spacial score (nSPS) is 10.9. The van der Waals surface area contributed by atoms with Crippen LogP contribution in [0.3, 0.4) is 0 Å². The number of amides is 1. The number of hydrogen-bond donors (Lipinski definition) is 3. The van der Waals surface area contributed by atoms with Gasteiger partial charge < -0.3 is 15.6 Å². The number of hydrogen-bond acceptors (Lipinski definition) is 4. The number of carbonyl (C=O) groups excluding carboxylic acids is 1. The van der Waals surface area contributed by atoms with Crippen molar-refractivity contribution in [2.45, 2.75) is 19.8 Å². The van der Waals surface area contributed by atoms with Crippen LogP contribution in [0.1, 0.15) is 28.5 Å². The van der Waals surface area contributed by atoms with Gasteiger partial charge >= 0.3 is 0 Å². The third-order valence-corrected chi connectivity index (χ3v) is 4.46. The van der Waals surface area contributed by atoms with Crippen LogP contribution in [0.4, 0.5) is 11.4 Å². The number of rotatable bonds is 8. The zero-order chi connectivity index (χ0) is 19.8. The molecule has 0 aliphatic heterocycles. The number of nitrogens with one attached hydrogen (secondary N) is 3. The Balaban J connectivity index is 1.66.